The van der Waals surface area contributed by atoms with E-state index < -0.39 is 5.92 Å². The fourth-order valence-corrected chi connectivity index (χ4v) is 5.68. The minimum atomic E-state index is -0.485. The van der Waals surface area contributed by atoms with Crippen LogP contribution in [0.2, 0.25) is 0 Å². The van der Waals surface area contributed by atoms with Gasteiger partial charge in [0.25, 0.3) is 0 Å². The summed E-state index contributed by atoms with van der Waals surface area (Å²) in [5, 5.41) is 14.2. The minimum absolute atomic E-state index is 0.0416. The van der Waals surface area contributed by atoms with Crippen LogP contribution in [-0.2, 0) is 14.3 Å². The standard InChI is InChI=1S/C31H33N3O5/c1-2-39-25-19-21(13-14-24(25)35)20-32-33-30(36)28-26(22-9-5-3-6-10-22)29(27(28)23-11-7-4-8-12-23)31(37)34-15-17-38-18-16-34/h3-14,19-20,26-29,35H,2,15-18H2,1H3,(H,33,36)/b32-20-/t26-,27+,28?,29?. The van der Waals surface area contributed by atoms with E-state index in [1.54, 1.807) is 12.1 Å². The number of aromatic hydroxyl groups is 1. The highest BCUT2D eigenvalue weighted by Gasteiger charge is 2.58. The second-order valence-corrected chi connectivity index (χ2v) is 9.76. The van der Waals surface area contributed by atoms with E-state index in [1.165, 1.54) is 12.3 Å². The molecule has 2 aliphatic rings. The van der Waals surface area contributed by atoms with Crippen LogP contribution in [0.4, 0.5) is 0 Å². The van der Waals surface area contributed by atoms with Crippen LogP contribution < -0.4 is 10.2 Å². The van der Waals surface area contributed by atoms with E-state index in [0.29, 0.717) is 44.2 Å². The third-order valence-corrected chi connectivity index (χ3v) is 7.50. The Morgan fingerprint density at radius 2 is 1.59 bits per heavy atom. The summed E-state index contributed by atoms with van der Waals surface area (Å²) < 4.78 is 10.9. The average molecular weight is 528 g/mol. The molecule has 4 atom stereocenters. The highest BCUT2D eigenvalue weighted by Crippen LogP contribution is 2.58. The van der Waals surface area contributed by atoms with Gasteiger partial charge in [-0.2, -0.15) is 5.10 Å². The fraction of sp³-hybridized carbons (Fsp3) is 0.323. The largest absolute Gasteiger partial charge is 0.504 e. The van der Waals surface area contributed by atoms with Crippen molar-refractivity contribution in [1.29, 1.82) is 0 Å². The zero-order valence-corrected chi connectivity index (χ0v) is 21.9. The van der Waals surface area contributed by atoms with Crippen molar-refractivity contribution in [3.05, 3.63) is 95.6 Å². The lowest BCUT2D eigenvalue weighted by Gasteiger charge is -2.52. The lowest BCUT2D eigenvalue weighted by atomic mass is 9.51. The van der Waals surface area contributed by atoms with Crippen molar-refractivity contribution in [3.8, 4) is 11.5 Å². The molecule has 5 rings (SSSR count). The van der Waals surface area contributed by atoms with Crippen LogP contribution in [0.25, 0.3) is 0 Å². The first-order valence-electron chi connectivity index (χ1n) is 13.3. The molecule has 202 valence electrons. The molecule has 0 bridgehead atoms. The van der Waals surface area contributed by atoms with Crippen LogP contribution in [0.3, 0.4) is 0 Å². The molecule has 8 heteroatoms. The molecule has 1 aliphatic carbocycles. The summed E-state index contributed by atoms with van der Waals surface area (Å²) in [5.41, 5.74) is 5.31. The Morgan fingerprint density at radius 1 is 0.974 bits per heavy atom. The van der Waals surface area contributed by atoms with Gasteiger partial charge in [-0.3, -0.25) is 9.59 Å². The van der Waals surface area contributed by atoms with E-state index >= 15 is 0 Å². The smallest absolute Gasteiger partial charge is 0.244 e. The number of carbonyl (C=O) groups is 2. The van der Waals surface area contributed by atoms with Crippen LogP contribution in [0.15, 0.2) is 84.0 Å². The number of phenolic OH excluding ortho intramolecular Hbond substituents is 1. The maximum absolute atomic E-state index is 13.9. The van der Waals surface area contributed by atoms with Gasteiger partial charge in [0.05, 0.1) is 37.9 Å². The van der Waals surface area contributed by atoms with Crippen molar-refractivity contribution in [3.63, 3.8) is 0 Å². The maximum Gasteiger partial charge on any atom is 0.244 e. The summed E-state index contributed by atoms with van der Waals surface area (Å²) in [6.45, 7) is 4.39. The molecule has 1 saturated heterocycles. The predicted octanol–water partition coefficient (Wildman–Crippen LogP) is 3.91. The molecular weight excluding hydrogens is 494 g/mol. The third kappa shape index (κ3) is 5.66. The number of carbonyl (C=O) groups excluding carboxylic acids is 2. The molecular formula is C31H33N3O5. The quantitative estimate of drug-likeness (QED) is 0.342. The van der Waals surface area contributed by atoms with Gasteiger partial charge in [0.2, 0.25) is 11.8 Å². The van der Waals surface area contributed by atoms with Gasteiger partial charge in [0, 0.05) is 24.9 Å². The van der Waals surface area contributed by atoms with Crippen LogP contribution in [0.5, 0.6) is 11.5 Å². The van der Waals surface area contributed by atoms with E-state index in [0.717, 1.165) is 11.1 Å². The molecule has 1 aliphatic heterocycles. The molecule has 2 amide bonds. The van der Waals surface area contributed by atoms with Gasteiger partial charge in [0.1, 0.15) is 0 Å². The van der Waals surface area contributed by atoms with Crippen molar-refractivity contribution >= 4 is 18.0 Å². The number of nitrogens with one attached hydrogen (secondary N) is 1. The molecule has 2 unspecified atom stereocenters. The normalized spacial score (nSPS) is 22.7. The fourth-order valence-electron chi connectivity index (χ4n) is 5.68. The number of amides is 2. The first-order chi connectivity index (χ1) is 19.1. The second kappa shape index (κ2) is 12.1. The number of phenols is 1. The average Bonchev–Trinajstić information content (AvgIpc) is 2.96. The van der Waals surface area contributed by atoms with Gasteiger partial charge in [-0.05, 0) is 41.8 Å². The topological polar surface area (TPSA) is 100 Å². The second-order valence-electron chi connectivity index (χ2n) is 9.76. The molecule has 2 N–H and O–H groups in total. The summed E-state index contributed by atoms with van der Waals surface area (Å²) >= 11 is 0. The van der Waals surface area contributed by atoms with E-state index in [2.05, 4.69) is 10.5 Å². The number of hydrogen-bond donors (Lipinski definition) is 2. The first-order valence-corrected chi connectivity index (χ1v) is 13.3. The minimum Gasteiger partial charge on any atom is -0.504 e. The number of rotatable bonds is 8. The number of hydrogen-bond acceptors (Lipinski definition) is 6. The zero-order valence-electron chi connectivity index (χ0n) is 21.9. The van der Waals surface area contributed by atoms with Gasteiger partial charge in [0.15, 0.2) is 11.5 Å². The van der Waals surface area contributed by atoms with Gasteiger partial charge in [-0.15, -0.1) is 0 Å². The lowest BCUT2D eigenvalue weighted by molar-refractivity contribution is -0.151. The van der Waals surface area contributed by atoms with Gasteiger partial charge in [-0.1, -0.05) is 60.7 Å². The third-order valence-electron chi connectivity index (χ3n) is 7.50. The summed E-state index contributed by atoms with van der Waals surface area (Å²) in [6, 6.07) is 24.4. The molecule has 3 aromatic rings. The molecule has 0 spiro atoms. The molecule has 39 heavy (non-hydrogen) atoms. The van der Waals surface area contributed by atoms with Gasteiger partial charge in [-0.25, -0.2) is 5.43 Å². The molecule has 1 heterocycles. The van der Waals surface area contributed by atoms with Gasteiger partial charge >= 0.3 is 0 Å². The Kier molecular flexibility index (Phi) is 8.22. The van der Waals surface area contributed by atoms with Crippen LogP contribution in [0.1, 0.15) is 35.4 Å². The number of morpholine rings is 1. The Balaban J connectivity index is 1.43. The van der Waals surface area contributed by atoms with Crippen LogP contribution >= 0.6 is 0 Å². The van der Waals surface area contributed by atoms with Crippen molar-refractivity contribution in [2.45, 2.75) is 18.8 Å². The number of hydrazone groups is 1. The first kappa shape index (κ1) is 26.4. The molecule has 8 nitrogen and oxygen atoms in total. The molecule has 0 aromatic heterocycles. The van der Waals surface area contributed by atoms with E-state index in [9.17, 15) is 14.7 Å². The number of nitrogens with zero attached hydrogens (tertiary/aromatic N) is 2. The van der Waals surface area contributed by atoms with Crippen molar-refractivity contribution in [1.82, 2.24) is 10.3 Å². The molecule has 0 radical (unpaired) electrons. The predicted molar refractivity (Wildman–Crippen MR) is 148 cm³/mol. The summed E-state index contributed by atoms with van der Waals surface area (Å²) in [6.07, 6.45) is 1.52. The van der Waals surface area contributed by atoms with E-state index in [4.69, 9.17) is 9.47 Å². The summed E-state index contributed by atoms with van der Waals surface area (Å²) in [7, 11) is 0. The van der Waals surface area contributed by atoms with Crippen molar-refractivity contribution < 1.29 is 24.2 Å². The molecule has 3 aromatic carbocycles. The zero-order chi connectivity index (χ0) is 27.2. The summed E-state index contributed by atoms with van der Waals surface area (Å²) in [4.78, 5) is 29.5. The number of benzene rings is 3. The SMILES string of the molecule is CCOc1cc(/C=N\NC(=O)C2[C@@H](c3ccccc3)C(C(=O)N3CCOCC3)[C@H]2c2ccccc2)ccc1O. The van der Waals surface area contributed by atoms with Crippen LogP contribution in [0, 0.1) is 11.8 Å². The molecule has 2 fully saturated rings. The maximum atomic E-state index is 13.9. The lowest BCUT2D eigenvalue weighted by Crippen LogP contribution is -2.57. The van der Waals surface area contributed by atoms with Crippen molar-refractivity contribution in [2.24, 2.45) is 16.9 Å². The van der Waals surface area contributed by atoms with Crippen molar-refractivity contribution in [2.75, 3.05) is 32.9 Å². The number of ether oxygens (including phenoxy) is 2. The Bertz CT molecular complexity index is 1260. The monoisotopic (exact) mass is 527 g/mol. The van der Waals surface area contributed by atoms with E-state index in [-0.39, 0.29) is 35.3 Å². The highest BCUT2D eigenvalue weighted by atomic mass is 16.5. The van der Waals surface area contributed by atoms with Crippen LogP contribution in [-0.4, -0.2) is 60.9 Å². The Morgan fingerprint density at radius 3 is 2.18 bits per heavy atom. The highest BCUT2D eigenvalue weighted by molar-refractivity contribution is 5.91. The summed E-state index contributed by atoms with van der Waals surface area (Å²) in [5.74, 6) is -1.24. The Hall–Kier alpha value is -4.17. The Labute approximate surface area is 228 Å². The molecule has 1 saturated carbocycles. The van der Waals surface area contributed by atoms with E-state index in [1.807, 2.05) is 72.5 Å². The van der Waals surface area contributed by atoms with Gasteiger partial charge < -0.3 is 19.5 Å².